The number of hydrogen-bond acceptors (Lipinski definition) is 3. The average Bonchev–Trinajstić information content (AvgIpc) is 2.45. The predicted molar refractivity (Wildman–Crippen MR) is 93.3 cm³/mol. The molecule has 0 saturated carbocycles. The van der Waals surface area contributed by atoms with Gasteiger partial charge in [-0.15, -0.1) is 0 Å². The quantitative estimate of drug-likeness (QED) is 0.871. The van der Waals surface area contributed by atoms with Gasteiger partial charge >= 0.3 is 0 Å². The van der Waals surface area contributed by atoms with Crippen LogP contribution < -0.4 is 9.46 Å². The molecule has 4 nitrogen and oxygen atoms in total. The summed E-state index contributed by atoms with van der Waals surface area (Å²) in [5, 5.41) is 0. The van der Waals surface area contributed by atoms with Gasteiger partial charge in [0.15, 0.2) is 0 Å². The summed E-state index contributed by atoms with van der Waals surface area (Å²) in [4.78, 5) is 0.110. The van der Waals surface area contributed by atoms with Crippen LogP contribution in [0.15, 0.2) is 47.4 Å². The lowest BCUT2D eigenvalue weighted by Gasteiger charge is -2.20. The Labute approximate surface area is 142 Å². The van der Waals surface area contributed by atoms with Crippen LogP contribution in [-0.2, 0) is 10.0 Å². The number of aryl methyl sites for hydroxylation is 1. The molecule has 2 aromatic carbocycles. The minimum Gasteiger partial charge on any atom is -0.491 e. The molecule has 0 radical (unpaired) electrons. The number of ether oxygens (including phenoxy) is 1. The molecule has 0 aliphatic heterocycles. The van der Waals surface area contributed by atoms with Gasteiger partial charge in [-0.3, -0.25) is 4.72 Å². The third-order valence-electron chi connectivity index (χ3n) is 3.18. The van der Waals surface area contributed by atoms with Gasteiger partial charge in [-0.2, -0.15) is 0 Å². The maximum Gasteiger partial charge on any atom is 0.262 e. The molecule has 1 N–H and O–H groups in total. The molecule has 0 aliphatic rings. The van der Waals surface area contributed by atoms with Crippen LogP contribution in [0.3, 0.4) is 0 Å². The van der Waals surface area contributed by atoms with E-state index in [0.29, 0.717) is 12.4 Å². The van der Waals surface area contributed by atoms with E-state index in [-0.39, 0.29) is 16.0 Å². The van der Waals surface area contributed by atoms with Crippen molar-refractivity contribution in [1.29, 1.82) is 0 Å². The Bertz CT molecular complexity index is 809. The normalized spacial score (nSPS) is 12.0. The molecule has 2 aromatic rings. The molecular formula is C18H22FNO3S. The minimum atomic E-state index is -3.82. The van der Waals surface area contributed by atoms with Crippen molar-refractivity contribution >= 4 is 15.7 Å². The maximum absolute atomic E-state index is 13.6. The summed E-state index contributed by atoms with van der Waals surface area (Å²) in [5.41, 5.74) is 0.926. The first-order valence-electron chi connectivity index (χ1n) is 7.59. The maximum atomic E-state index is 13.6. The largest absolute Gasteiger partial charge is 0.491 e. The fourth-order valence-corrected chi connectivity index (χ4v) is 2.98. The molecule has 0 aliphatic carbocycles. The number of sulfonamides is 1. The summed E-state index contributed by atoms with van der Waals surface area (Å²) in [6.07, 6.45) is 0. The molecule has 0 fully saturated rings. The molecular weight excluding hydrogens is 329 g/mol. The van der Waals surface area contributed by atoms with Crippen LogP contribution in [0, 0.1) is 18.2 Å². The van der Waals surface area contributed by atoms with Crippen LogP contribution in [0.1, 0.15) is 26.3 Å². The van der Waals surface area contributed by atoms with Crippen molar-refractivity contribution in [2.45, 2.75) is 32.6 Å². The Hall–Kier alpha value is -2.08. The third-order valence-corrected chi connectivity index (χ3v) is 4.56. The highest BCUT2D eigenvalue weighted by Crippen LogP contribution is 2.29. The highest BCUT2D eigenvalue weighted by molar-refractivity contribution is 7.92. The van der Waals surface area contributed by atoms with Crippen molar-refractivity contribution in [3.63, 3.8) is 0 Å². The Morgan fingerprint density at radius 1 is 1.08 bits per heavy atom. The predicted octanol–water partition coefficient (Wildman–Crippen LogP) is 4.36. The van der Waals surface area contributed by atoms with Crippen molar-refractivity contribution in [1.82, 2.24) is 0 Å². The van der Waals surface area contributed by atoms with E-state index < -0.39 is 15.8 Å². The van der Waals surface area contributed by atoms with Crippen molar-refractivity contribution in [3.05, 3.63) is 53.8 Å². The van der Waals surface area contributed by atoms with Crippen LogP contribution in [-0.4, -0.2) is 15.0 Å². The van der Waals surface area contributed by atoms with Crippen LogP contribution >= 0.6 is 0 Å². The fraction of sp³-hybridized carbons (Fsp3) is 0.333. The van der Waals surface area contributed by atoms with Crippen molar-refractivity contribution < 1.29 is 17.5 Å². The first-order chi connectivity index (χ1) is 11.1. The lowest BCUT2D eigenvalue weighted by atomic mass is 9.99. The van der Waals surface area contributed by atoms with Crippen molar-refractivity contribution in [3.8, 4) is 5.75 Å². The molecule has 0 atom stereocenters. The van der Waals surface area contributed by atoms with Gasteiger partial charge in [-0.25, -0.2) is 12.8 Å². The number of nitrogens with one attached hydrogen (secondary N) is 1. The zero-order valence-electron chi connectivity index (χ0n) is 14.3. The molecule has 24 heavy (non-hydrogen) atoms. The lowest BCUT2D eigenvalue weighted by molar-refractivity contribution is 0.198. The Kier molecular flexibility index (Phi) is 5.18. The van der Waals surface area contributed by atoms with E-state index in [0.717, 1.165) is 11.6 Å². The summed E-state index contributed by atoms with van der Waals surface area (Å²) in [6.45, 7) is 8.22. The van der Waals surface area contributed by atoms with Crippen molar-refractivity contribution in [2.24, 2.45) is 5.41 Å². The van der Waals surface area contributed by atoms with Crippen LogP contribution in [0.5, 0.6) is 5.75 Å². The number of benzene rings is 2. The molecule has 0 unspecified atom stereocenters. The summed E-state index contributed by atoms with van der Waals surface area (Å²) in [6, 6.07) is 10.2. The summed E-state index contributed by atoms with van der Waals surface area (Å²) < 4.78 is 46.6. The van der Waals surface area contributed by atoms with E-state index >= 15 is 0 Å². The van der Waals surface area contributed by atoms with Gasteiger partial charge in [-0.05, 0) is 36.6 Å². The van der Waals surface area contributed by atoms with Gasteiger partial charge in [-0.1, -0.05) is 38.5 Å². The number of hydrogen-bond donors (Lipinski definition) is 1. The number of rotatable bonds is 5. The minimum absolute atomic E-state index is 0.0832. The summed E-state index contributed by atoms with van der Waals surface area (Å²) in [7, 11) is -3.82. The Balaban J connectivity index is 2.30. The monoisotopic (exact) mass is 351 g/mol. The first kappa shape index (κ1) is 18.3. The smallest absolute Gasteiger partial charge is 0.262 e. The van der Waals surface area contributed by atoms with E-state index in [1.165, 1.54) is 24.3 Å². The standard InChI is InChI=1S/C18H22FNO3S/c1-13-5-8-15(9-6-13)24(21,22)20-16-11-14(19)7-10-17(16)23-12-18(2,3)4/h5-11,20H,12H2,1-4H3. The van der Waals surface area contributed by atoms with E-state index in [9.17, 15) is 12.8 Å². The zero-order chi connectivity index (χ0) is 18.0. The van der Waals surface area contributed by atoms with Gasteiger partial charge < -0.3 is 4.74 Å². The Morgan fingerprint density at radius 3 is 2.29 bits per heavy atom. The van der Waals surface area contributed by atoms with Crippen molar-refractivity contribution in [2.75, 3.05) is 11.3 Å². The SMILES string of the molecule is Cc1ccc(S(=O)(=O)Nc2cc(F)ccc2OCC(C)(C)C)cc1. The molecule has 2 rings (SSSR count). The van der Waals surface area contributed by atoms with Crippen LogP contribution in [0.25, 0.3) is 0 Å². The summed E-state index contributed by atoms with van der Waals surface area (Å²) >= 11 is 0. The van der Waals surface area contributed by atoms with E-state index in [1.54, 1.807) is 12.1 Å². The van der Waals surface area contributed by atoms with Gasteiger partial charge in [0, 0.05) is 6.07 Å². The van der Waals surface area contributed by atoms with Crippen LogP contribution in [0.4, 0.5) is 10.1 Å². The van der Waals surface area contributed by atoms with E-state index in [2.05, 4.69) is 4.72 Å². The van der Waals surface area contributed by atoms with Gasteiger partial charge in [0.1, 0.15) is 11.6 Å². The van der Waals surface area contributed by atoms with E-state index in [4.69, 9.17) is 4.74 Å². The summed E-state index contributed by atoms with van der Waals surface area (Å²) in [5.74, 6) is -0.248. The second-order valence-corrected chi connectivity index (χ2v) is 8.59. The zero-order valence-corrected chi connectivity index (χ0v) is 15.1. The highest BCUT2D eigenvalue weighted by atomic mass is 32.2. The average molecular weight is 351 g/mol. The first-order valence-corrected chi connectivity index (χ1v) is 9.07. The molecule has 6 heteroatoms. The van der Waals surface area contributed by atoms with Gasteiger partial charge in [0.25, 0.3) is 10.0 Å². The molecule has 0 saturated heterocycles. The molecule has 0 heterocycles. The topological polar surface area (TPSA) is 55.4 Å². The van der Waals surface area contributed by atoms with E-state index in [1.807, 2.05) is 27.7 Å². The number of anilines is 1. The fourth-order valence-electron chi connectivity index (χ4n) is 1.92. The highest BCUT2D eigenvalue weighted by Gasteiger charge is 2.18. The molecule has 0 spiro atoms. The van der Waals surface area contributed by atoms with Gasteiger partial charge in [0.2, 0.25) is 0 Å². The molecule has 0 aromatic heterocycles. The molecule has 0 bridgehead atoms. The second kappa shape index (κ2) is 6.81. The molecule has 130 valence electrons. The third kappa shape index (κ3) is 4.96. The number of halogens is 1. The van der Waals surface area contributed by atoms with Crippen LogP contribution in [0.2, 0.25) is 0 Å². The Morgan fingerprint density at radius 2 is 1.71 bits per heavy atom. The second-order valence-electron chi connectivity index (χ2n) is 6.91. The molecule has 0 amide bonds. The lowest BCUT2D eigenvalue weighted by Crippen LogP contribution is -2.19. The van der Waals surface area contributed by atoms with Gasteiger partial charge in [0.05, 0.1) is 17.2 Å².